The number of nitrogens with one attached hydrogen (secondary N) is 2. The van der Waals surface area contributed by atoms with E-state index in [9.17, 15) is 23.8 Å². The summed E-state index contributed by atoms with van der Waals surface area (Å²) in [4.78, 5) is 23.2. The molecule has 3 heterocycles. The van der Waals surface area contributed by atoms with Crippen LogP contribution in [-0.4, -0.2) is 72.2 Å². The number of fused-ring (bicyclic) bond motifs is 2. The normalized spacial score (nSPS) is 32.3. The third kappa shape index (κ3) is 3.33. The van der Waals surface area contributed by atoms with Crippen molar-refractivity contribution in [3.05, 3.63) is 46.6 Å². The zero-order valence-corrected chi connectivity index (χ0v) is 18.5. The number of likely N-dealkylation sites (tertiary alicyclic amines) is 1. The molecule has 12 heteroatoms. The maximum absolute atomic E-state index is 14.6. The molecule has 1 amide bonds. The highest BCUT2D eigenvalue weighted by Gasteiger charge is 2.59. The molecule has 2 aromatic heterocycles. The molecule has 0 unspecified atom stereocenters. The van der Waals surface area contributed by atoms with Crippen molar-refractivity contribution < 1.29 is 23.8 Å². The van der Waals surface area contributed by atoms with Crippen LogP contribution in [0.15, 0.2) is 24.5 Å². The molecule has 1 aromatic carbocycles. The molecule has 2 aliphatic carbocycles. The molecule has 1 saturated heterocycles. The topological polar surface area (TPSA) is 127 Å². The molecule has 0 spiro atoms. The van der Waals surface area contributed by atoms with Crippen LogP contribution >= 0.6 is 11.6 Å². The lowest BCUT2D eigenvalue weighted by molar-refractivity contribution is 0.0201. The van der Waals surface area contributed by atoms with E-state index >= 15 is 0 Å². The molecule has 34 heavy (non-hydrogen) atoms. The average Bonchev–Trinajstić information content (AvgIpc) is 3.22. The number of aromatic amines is 1. The lowest BCUT2D eigenvalue weighted by atomic mass is 10.0. The van der Waals surface area contributed by atoms with Gasteiger partial charge >= 0.3 is 0 Å². The van der Waals surface area contributed by atoms with Crippen molar-refractivity contribution in [2.24, 2.45) is 11.8 Å². The van der Waals surface area contributed by atoms with Crippen LogP contribution in [0.5, 0.6) is 0 Å². The third-order valence-electron chi connectivity index (χ3n) is 7.20. The predicted octanol–water partition coefficient (Wildman–Crippen LogP) is 2.22. The molecule has 7 atom stereocenters. The maximum Gasteiger partial charge on any atom is 0.275 e. The summed E-state index contributed by atoms with van der Waals surface area (Å²) in [6.07, 6.45) is -1.11. The van der Waals surface area contributed by atoms with Gasteiger partial charge in [0.05, 0.1) is 30.1 Å². The first-order valence-corrected chi connectivity index (χ1v) is 11.4. The van der Waals surface area contributed by atoms with Crippen LogP contribution in [0.4, 0.5) is 14.6 Å². The number of rotatable bonds is 4. The summed E-state index contributed by atoms with van der Waals surface area (Å²) < 4.78 is 29.0. The van der Waals surface area contributed by atoms with Gasteiger partial charge in [-0.15, -0.1) is 0 Å². The van der Waals surface area contributed by atoms with Gasteiger partial charge in [-0.3, -0.25) is 9.89 Å². The van der Waals surface area contributed by atoms with Crippen LogP contribution in [-0.2, 0) is 0 Å². The SMILES string of the molecule is O=C(c1n[nH]c2ncnc(N[C@H]3[C@H](O)[C@H](O)[C@@H]4C[C@@H]43)c12)N1C[C@@H](F)C[C@@H]1c1cc(Cl)ccc1F. The number of H-pyrrole nitrogens is 1. The van der Waals surface area contributed by atoms with Gasteiger partial charge in [-0.1, -0.05) is 11.6 Å². The first-order valence-electron chi connectivity index (χ1n) is 11.0. The number of anilines is 1. The van der Waals surface area contributed by atoms with Gasteiger partial charge in [-0.05, 0) is 36.5 Å². The van der Waals surface area contributed by atoms with E-state index in [1.54, 1.807) is 0 Å². The Morgan fingerprint density at radius 1 is 1.21 bits per heavy atom. The van der Waals surface area contributed by atoms with Gasteiger partial charge in [0.15, 0.2) is 11.3 Å². The minimum absolute atomic E-state index is 0.0368. The lowest BCUT2D eigenvalue weighted by Crippen LogP contribution is -2.38. The third-order valence-corrected chi connectivity index (χ3v) is 7.44. The summed E-state index contributed by atoms with van der Waals surface area (Å²) in [6, 6.07) is 2.69. The zero-order valence-electron chi connectivity index (χ0n) is 17.7. The number of aromatic nitrogens is 4. The van der Waals surface area contributed by atoms with E-state index in [1.165, 1.54) is 29.4 Å². The zero-order chi connectivity index (χ0) is 23.7. The second kappa shape index (κ2) is 7.82. The Hall–Kier alpha value is -2.89. The smallest absolute Gasteiger partial charge is 0.275 e. The van der Waals surface area contributed by atoms with Gasteiger partial charge in [0, 0.05) is 17.0 Å². The summed E-state index contributed by atoms with van der Waals surface area (Å²) in [6.45, 7) is -0.225. The number of carbonyl (C=O) groups excluding carboxylic acids is 1. The van der Waals surface area contributed by atoms with Gasteiger partial charge in [0.25, 0.3) is 5.91 Å². The van der Waals surface area contributed by atoms with Crippen LogP contribution in [0.25, 0.3) is 11.0 Å². The Balaban J connectivity index is 1.36. The number of carbonyl (C=O) groups is 1. The molecule has 0 radical (unpaired) electrons. The monoisotopic (exact) mass is 490 g/mol. The number of aliphatic hydroxyl groups excluding tert-OH is 2. The van der Waals surface area contributed by atoms with E-state index < -0.39 is 42.2 Å². The maximum atomic E-state index is 14.6. The molecule has 3 aromatic rings. The fourth-order valence-corrected chi connectivity index (χ4v) is 5.62. The standard InChI is InChI=1S/C22H21ClF2N6O3/c23-8-1-2-13(25)12(3-8)14-4-9(24)6-31(14)22(34)17-15-20(26-7-27-21(15)30-29-17)28-16-10-5-11(10)18(32)19(16)33/h1-3,7,9-11,14,16,18-19,32-33H,4-6H2,(H2,26,27,28,29,30)/t9-,10-,11+,14+,16+,18+,19-/m0/s1. The van der Waals surface area contributed by atoms with Crippen LogP contribution in [0, 0.1) is 17.7 Å². The summed E-state index contributed by atoms with van der Waals surface area (Å²) in [7, 11) is 0. The van der Waals surface area contributed by atoms with Crippen LogP contribution in [0.2, 0.25) is 5.02 Å². The molecule has 3 fully saturated rings. The number of halogens is 3. The van der Waals surface area contributed by atoms with E-state index in [1.807, 2.05) is 0 Å². The number of amides is 1. The van der Waals surface area contributed by atoms with Gasteiger partial charge in [-0.25, -0.2) is 18.7 Å². The first-order chi connectivity index (χ1) is 16.3. The Kier molecular flexibility index (Phi) is 4.98. The number of benzene rings is 1. The molecule has 9 nitrogen and oxygen atoms in total. The van der Waals surface area contributed by atoms with Gasteiger partial charge < -0.3 is 20.4 Å². The molecule has 2 saturated carbocycles. The molecular formula is C22H21ClF2N6O3. The Morgan fingerprint density at radius 3 is 2.79 bits per heavy atom. The quantitative estimate of drug-likeness (QED) is 0.441. The molecule has 4 N–H and O–H groups in total. The van der Waals surface area contributed by atoms with Crippen molar-refractivity contribution in [2.75, 3.05) is 11.9 Å². The van der Waals surface area contributed by atoms with Crippen molar-refractivity contribution in [1.29, 1.82) is 0 Å². The summed E-state index contributed by atoms with van der Waals surface area (Å²) in [5.74, 6) is -0.777. The predicted molar refractivity (Wildman–Crippen MR) is 117 cm³/mol. The summed E-state index contributed by atoms with van der Waals surface area (Å²) >= 11 is 6.03. The number of nitrogens with zero attached hydrogens (tertiary/aromatic N) is 4. The fraction of sp³-hybridized carbons (Fsp3) is 0.455. The molecule has 0 bridgehead atoms. The van der Waals surface area contributed by atoms with E-state index in [-0.39, 0.29) is 57.9 Å². The summed E-state index contributed by atoms with van der Waals surface area (Å²) in [5.41, 5.74) is 0.376. The molecule has 3 aliphatic rings. The highest BCUT2D eigenvalue weighted by Crippen LogP contribution is 2.53. The lowest BCUT2D eigenvalue weighted by Gasteiger charge is -2.25. The second-order valence-corrected chi connectivity index (χ2v) is 9.64. The molecule has 6 rings (SSSR count). The highest BCUT2D eigenvalue weighted by atomic mass is 35.5. The number of hydrogen-bond acceptors (Lipinski definition) is 7. The van der Waals surface area contributed by atoms with E-state index in [2.05, 4.69) is 25.5 Å². The van der Waals surface area contributed by atoms with Crippen molar-refractivity contribution in [1.82, 2.24) is 25.1 Å². The van der Waals surface area contributed by atoms with Crippen molar-refractivity contribution in [2.45, 2.75) is 43.3 Å². The molecule has 178 valence electrons. The minimum Gasteiger partial charge on any atom is -0.390 e. The largest absolute Gasteiger partial charge is 0.390 e. The molecular weight excluding hydrogens is 470 g/mol. The van der Waals surface area contributed by atoms with Gasteiger partial charge in [0.2, 0.25) is 0 Å². The summed E-state index contributed by atoms with van der Waals surface area (Å²) in [5, 5.41) is 31.1. The van der Waals surface area contributed by atoms with Gasteiger partial charge in [0.1, 0.15) is 30.2 Å². The van der Waals surface area contributed by atoms with E-state index in [0.29, 0.717) is 0 Å². The molecule has 1 aliphatic heterocycles. The minimum atomic E-state index is -1.34. The number of alkyl halides is 1. The number of aliphatic hydroxyl groups is 2. The first kappa shape index (κ1) is 21.6. The Morgan fingerprint density at radius 2 is 2.03 bits per heavy atom. The van der Waals surface area contributed by atoms with Crippen LogP contribution < -0.4 is 5.32 Å². The fourth-order valence-electron chi connectivity index (χ4n) is 5.44. The van der Waals surface area contributed by atoms with Crippen LogP contribution in [0.1, 0.15) is 34.9 Å². The number of hydrogen-bond donors (Lipinski definition) is 4. The van der Waals surface area contributed by atoms with Crippen molar-refractivity contribution in [3.63, 3.8) is 0 Å². The van der Waals surface area contributed by atoms with E-state index in [4.69, 9.17) is 11.6 Å². The second-order valence-electron chi connectivity index (χ2n) is 9.20. The Labute approximate surface area is 197 Å². The van der Waals surface area contributed by atoms with Gasteiger partial charge in [-0.2, -0.15) is 5.10 Å². The van der Waals surface area contributed by atoms with E-state index in [0.717, 1.165) is 6.42 Å². The van der Waals surface area contributed by atoms with Crippen molar-refractivity contribution >= 4 is 34.4 Å². The van der Waals surface area contributed by atoms with Crippen LogP contribution in [0.3, 0.4) is 0 Å². The highest BCUT2D eigenvalue weighted by molar-refractivity contribution is 6.30. The average molecular weight is 491 g/mol. The van der Waals surface area contributed by atoms with Crippen molar-refractivity contribution in [3.8, 4) is 0 Å². The Bertz CT molecular complexity index is 1290.